The number of hydrogen-bond acceptors (Lipinski definition) is 4. The van der Waals surface area contributed by atoms with Crippen LogP contribution in [0.5, 0.6) is 0 Å². The number of rotatable bonds is 5. The summed E-state index contributed by atoms with van der Waals surface area (Å²) in [6.07, 6.45) is 3.64. The molecule has 0 bridgehead atoms. The molecule has 0 atom stereocenters. The number of carbonyl (C=O) groups excluding carboxylic acids is 1. The molecular weight excluding hydrogens is 234 g/mol. The van der Waals surface area contributed by atoms with Gasteiger partial charge in [-0.05, 0) is 18.7 Å². The van der Waals surface area contributed by atoms with E-state index in [1.165, 1.54) is 19.1 Å². The van der Waals surface area contributed by atoms with Crippen molar-refractivity contribution >= 4 is 23.4 Å². The van der Waals surface area contributed by atoms with Crippen molar-refractivity contribution in [3.8, 4) is 0 Å². The van der Waals surface area contributed by atoms with E-state index >= 15 is 0 Å². The molecule has 0 unspecified atom stereocenters. The van der Waals surface area contributed by atoms with Crippen LogP contribution in [0.1, 0.15) is 12.5 Å². The minimum absolute atomic E-state index is 0.114. The predicted octanol–water partition coefficient (Wildman–Crippen LogP) is 1.79. The van der Waals surface area contributed by atoms with Gasteiger partial charge in [0.25, 0.3) is 5.69 Å². The summed E-state index contributed by atoms with van der Waals surface area (Å²) >= 11 is 0. The van der Waals surface area contributed by atoms with Crippen molar-refractivity contribution in [1.29, 1.82) is 0 Å². The van der Waals surface area contributed by atoms with Crippen molar-refractivity contribution in [2.24, 2.45) is 0 Å². The van der Waals surface area contributed by atoms with Crippen LogP contribution in [0.15, 0.2) is 24.3 Å². The van der Waals surface area contributed by atoms with Crippen molar-refractivity contribution < 1.29 is 9.72 Å². The lowest BCUT2D eigenvalue weighted by Gasteiger charge is -2.04. The van der Waals surface area contributed by atoms with E-state index in [2.05, 4.69) is 10.6 Å². The molecule has 6 heteroatoms. The minimum atomic E-state index is -0.513. The van der Waals surface area contributed by atoms with Gasteiger partial charge in [0, 0.05) is 19.5 Å². The van der Waals surface area contributed by atoms with Gasteiger partial charge in [-0.3, -0.25) is 14.9 Å². The third-order valence-corrected chi connectivity index (χ3v) is 2.16. The predicted molar refractivity (Wildman–Crippen MR) is 70.4 cm³/mol. The summed E-state index contributed by atoms with van der Waals surface area (Å²) in [6.45, 7) is 1.99. The van der Waals surface area contributed by atoms with Gasteiger partial charge in [-0.2, -0.15) is 0 Å². The van der Waals surface area contributed by atoms with Crippen LogP contribution >= 0.6 is 0 Å². The van der Waals surface area contributed by atoms with E-state index in [4.69, 9.17) is 0 Å². The summed E-state index contributed by atoms with van der Waals surface area (Å²) in [4.78, 5) is 21.3. The zero-order valence-corrected chi connectivity index (χ0v) is 10.3. The van der Waals surface area contributed by atoms with Gasteiger partial charge < -0.3 is 10.6 Å². The van der Waals surface area contributed by atoms with Gasteiger partial charge in [0.15, 0.2) is 0 Å². The maximum absolute atomic E-state index is 10.9. The molecule has 1 aromatic rings. The Balaban J connectivity index is 3.03. The molecule has 1 aromatic carbocycles. The van der Waals surface area contributed by atoms with E-state index in [1.807, 2.05) is 13.1 Å². The Kier molecular flexibility index (Phi) is 5.01. The highest BCUT2D eigenvalue weighted by molar-refractivity contribution is 5.91. The van der Waals surface area contributed by atoms with Crippen molar-refractivity contribution in [2.45, 2.75) is 6.92 Å². The van der Waals surface area contributed by atoms with Gasteiger partial charge in [-0.1, -0.05) is 18.2 Å². The second-order valence-electron chi connectivity index (χ2n) is 3.67. The third-order valence-electron chi connectivity index (χ3n) is 2.16. The van der Waals surface area contributed by atoms with Gasteiger partial charge in [0.1, 0.15) is 5.69 Å². The average Bonchev–Trinajstić information content (AvgIpc) is 2.30. The fraction of sp³-hybridized carbons (Fsp3) is 0.250. The quantitative estimate of drug-likeness (QED) is 0.615. The average molecular weight is 249 g/mol. The highest BCUT2D eigenvalue weighted by Gasteiger charge is 2.14. The SMILES string of the molecule is CNCC=Cc1ccc(NC(C)=O)c([N+](=O)[O-])c1. The topological polar surface area (TPSA) is 84.3 Å². The largest absolute Gasteiger partial charge is 0.321 e. The molecule has 0 fully saturated rings. The molecule has 1 rings (SSSR count). The molecule has 6 nitrogen and oxygen atoms in total. The van der Waals surface area contributed by atoms with Crippen molar-refractivity contribution in [2.75, 3.05) is 18.9 Å². The standard InChI is InChI=1S/C12H15N3O3/c1-9(16)14-11-6-5-10(4-3-7-13-2)8-12(11)15(17)18/h3-6,8,13H,7H2,1-2H3,(H,14,16). The molecule has 0 aliphatic rings. The van der Waals surface area contributed by atoms with Crippen LogP contribution < -0.4 is 10.6 Å². The molecule has 0 aliphatic heterocycles. The minimum Gasteiger partial charge on any atom is -0.321 e. The number of nitrogens with zero attached hydrogens (tertiary/aromatic N) is 1. The lowest BCUT2D eigenvalue weighted by atomic mass is 10.1. The number of nitro benzene ring substituents is 1. The van der Waals surface area contributed by atoms with Crippen LogP contribution in [0.2, 0.25) is 0 Å². The van der Waals surface area contributed by atoms with Crippen LogP contribution in [0, 0.1) is 10.1 Å². The Morgan fingerprint density at radius 1 is 1.50 bits per heavy atom. The van der Waals surface area contributed by atoms with E-state index in [9.17, 15) is 14.9 Å². The Labute approximate surface area is 105 Å². The first kappa shape index (κ1) is 13.9. The van der Waals surface area contributed by atoms with Crippen molar-refractivity contribution in [1.82, 2.24) is 5.32 Å². The summed E-state index contributed by atoms with van der Waals surface area (Å²) in [5, 5.41) is 16.3. The summed E-state index contributed by atoms with van der Waals surface area (Å²) in [5.74, 6) is -0.337. The number of hydrogen-bond donors (Lipinski definition) is 2. The molecule has 0 aliphatic carbocycles. The molecule has 0 heterocycles. The van der Waals surface area contributed by atoms with Crippen molar-refractivity contribution in [3.05, 3.63) is 40.0 Å². The number of nitrogens with one attached hydrogen (secondary N) is 2. The fourth-order valence-electron chi connectivity index (χ4n) is 1.41. The second-order valence-corrected chi connectivity index (χ2v) is 3.67. The highest BCUT2D eigenvalue weighted by atomic mass is 16.6. The molecule has 1 amide bonds. The summed E-state index contributed by atoms with van der Waals surface area (Å²) < 4.78 is 0. The van der Waals surface area contributed by atoms with Crippen molar-refractivity contribution in [3.63, 3.8) is 0 Å². The van der Waals surface area contributed by atoms with Gasteiger partial charge in [-0.15, -0.1) is 0 Å². The van der Waals surface area contributed by atoms with Crippen LogP contribution in [0.3, 0.4) is 0 Å². The first-order valence-corrected chi connectivity index (χ1v) is 5.41. The first-order valence-electron chi connectivity index (χ1n) is 5.41. The van der Waals surface area contributed by atoms with E-state index in [0.717, 1.165) is 0 Å². The van der Waals surface area contributed by atoms with Gasteiger partial charge >= 0.3 is 0 Å². The molecule has 18 heavy (non-hydrogen) atoms. The smallest absolute Gasteiger partial charge is 0.293 e. The number of amides is 1. The lowest BCUT2D eigenvalue weighted by molar-refractivity contribution is -0.383. The van der Waals surface area contributed by atoms with E-state index < -0.39 is 4.92 Å². The zero-order valence-electron chi connectivity index (χ0n) is 10.3. The zero-order chi connectivity index (χ0) is 13.5. The maximum Gasteiger partial charge on any atom is 0.293 e. The fourth-order valence-corrected chi connectivity index (χ4v) is 1.41. The summed E-state index contributed by atoms with van der Waals surface area (Å²) in [5.41, 5.74) is 0.807. The molecule has 0 saturated carbocycles. The Morgan fingerprint density at radius 3 is 2.78 bits per heavy atom. The highest BCUT2D eigenvalue weighted by Crippen LogP contribution is 2.26. The molecule has 2 N–H and O–H groups in total. The first-order chi connectivity index (χ1) is 8.54. The number of carbonyl (C=O) groups is 1. The summed E-state index contributed by atoms with van der Waals surface area (Å²) in [7, 11) is 1.81. The van der Waals surface area contributed by atoms with Gasteiger partial charge in [-0.25, -0.2) is 0 Å². The number of likely N-dealkylation sites (N-methyl/N-ethyl adjacent to an activating group) is 1. The molecule has 0 aromatic heterocycles. The molecule has 0 spiro atoms. The van der Waals surface area contributed by atoms with Gasteiger partial charge in [0.2, 0.25) is 5.91 Å². The molecule has 0 saturated heterocycles. The normalized spacial score (nSPS) is 10.6. The molecule has 96 valence electrons. The Morgan fingerprint density at radius 2 is 2.22 bits per heavy atom. The van der Waals surface area contributed by atoms with Crippen LogP contribution in [-0.4, -0.2) is 24.4 Å². The number of benzene rings is 1. The number of nitro groups is 1. The maximum atomic E-state index is 10.9. The van der Waals surface area contributed by atoms with Gasteiger partial charge in [0.05, 0.1) is 4.92 Å². The molecule has 0 radical (unpaired) electrons. The second kappa shape index (κ2) is 6.51. The monoisotopic (exact) mass is 249 g/mol. The van der Waals surface area contributed by atoms with Crippen LogP contribution in [0.4, 0.5) is 11.4 Å². The Hall–Kier alpha value is -2.21. The van der Waals surface area contributed by atoms with Crippen LogP contribution in [-0.2, 0) is 4.79 Å². The number of anilines is 1. The van der Waals surface area contributed by atoms with E-state index in [-0.39, 0.29) is 17.3 Å². The van der Waals surface area contributed by atoms with E-state index in [0.29, 0.717) is 12.1 Å². The Bertz CT molecular complexity index is 483. The third kappa shape index (κ3) is 3.99. The molecular formula is C12H15N3O3. The van der Waals surface area contributed by atoms with E-state index in [1.54, 1.807) is 12.1 Å². The lowest BCUT2D eigenvalue weighted by Crippen LogP contribution is -2.08. The van der Waals surface area contributed by atoms with Crippen LogP contribution in [0.25, 0.3) is 6.08 Å². The summed E-state index contributed by atoms with van der Waals surface area (Å²) in [6, 6.07) is 4.67.